The number of piperazine rings is 1. The number of hydrogen-bond donors (Lipinski definition) is 2. The Hall–Kier alpha value is -2.88. The molecule has 26 heavy (non-hydrogen) atoms. The number of nitrogens with one attached hydrogen (secondary N) is 1. The molecule has 3 rings (SSSR count). The van der Waals surface area contributed by atoms with Crippen LogP contribution in [-0.2, 0) is 16.1 Å². The molecule has 1 aliphatic heterocycles. The van der Waals surface area contributed by atoms with Crippen LogP contribution in [0.25, 0.3) is 11.4 Å². The molecule has 1 saturated heterocycles. The molecule has 2 heterocycles. The third kappa shape index (κ3) is 4.39. The van der Waals surface area contributed by atoms with Gasteiger partial charge in [-0.1, -0.05) is 0 Å². The van der Waals surface area contributed by atoms with Crippen molar-refractivity contribution in [2.45, 2.75) is 25.4 Å². The van der Waals surface area contributed by atoms with Gasteiger partial charge in [-0.3, -0.25) is 9.59 Å². The van der Waals surface area contributed by atoms with Gasteiger partial charge >= 0.3 is 5.97 Å². The Kier molecular flexibility index (Phi) is 5.52. The molecule has 1 aliphatic rings. The van der Waals surface area contributed by atoms with Crippen LogP contribution in [0.2, 0.25) is 0 Å². The minimum Gasteiger partial charge on any atom is -0.480 e. The van der Waals surface area contributed by atoms with Crippen molar-refractivity contribution in [3.63, 3.8) is 0 Å². The van der Waals surface area contributed by atoms with Crippen molar-refractivity contribution in [3.05, 3.63) is 30.1 Å². The van der Waals surface area contributed by atoms with Crippen molar-refractivity contribution < 1.29 is 19.1 Å². The highest BCUT2D eigenvalue weighted by Crippen LogP contribution is 2.14. The summed E-state index contributed by atoms with van der Waals surface area (Å²) in [7, 11) is 0. The quantitative estimate of drug-likeness (QED) is 0.752. The maximum Gasteiger partial charge on any atom is 0.322 e. The van der Waals surface area contributed by atoms with Crippen LogP contribution in [0.5, 0.6) is 0 Å². The number of benzene rings is 1. The lowest BCUT2D eigenvalue weighted by Crippen LogP contribution is -2.55. The zero-order chi connectivity index (χ0) is 18.5. The van der Waals surface area contributed by atoms with Crippen molar-refractivity contribution in [2.24, 2.45) is 0 Å². The summed E-state index contributed by atoms with van der Waals surface area (Å²) in [5.41, 5.74) is 0.661. The van der Waals surface area contributed by atoms with Crippen LogP contribution in [0.1, 0.15) is 12.8 Å². The normalized spacial score (nSPS) is 17.3. The first-order chi connectivity index (χ1) is 12.5. The molecule has 0 bridgehead atoms. The standard InChI is InChI=1S/C16H19FN6O3/c17-12-5-3-11(4-6-12)15-19-21-23(20-15)8-1-2-14(24)22-9-7-18-13(10-22)16(25)26/h3-6,13,18H,1-2,7-10H2,(H,25,26). The van der Waals surface area contributed by atoms with Crippen LogP contribution in [0.15, 0.2) is 24.3 Å². The molecule has 1 aromatic carbocycles. The van der Waals surface area contributed by atoms with Gasteiger partial charge in [0, 0.05) is 31.6 Å². The number of aliphatic carboxylic acids is 1. The summed E-state index contributed by atoms with van der Waals surface area (Å²) < 4.78 is 12.9. The zero-order valence-corrected chi connectivity index (χ0v) is 14.0. The molecular weight excluding hydrogens is 343 g/mol. The van der Waals surface area contributed by atoms with Gasteiger partial charge < -0.3 is 15.3 Å². The number of carboxylic acid groups (broad SMARTS) is 1. The van der Waals surface area contributed by atoms with Gasteiger partial charge in [0.1, 0.15) is 11.9 Å². The zero-order valence-electron chi connectivity index (χ0n) is 14.0. The number of carboxylic acids is 1. The molecule has 0 aliphatic carbocycles. The predicted octanol–water partition coefficient (Wildman–Crippen LogP) is 0.144. The number of hydrogen-bond acceptors (Lipinski definition) is 6. The number of aromatic nitrogens is 4. The second-order valence-corrected chi connectivity index (χ2v) is 6.00. The number of aryl methyl sites for hydroxylation is 1. The molecule has 1 fully saturated rings. The van der Waals surface area contributed by atoms with Crippen LogP contribution in [0.4, 0.5) is 4.39 Å². The topological polar surface area (TPSA) is 113 Å². The lowest BCUT2D eigenvalue weighted by molar-refractivity contribution is -0.142. The van der Waals surface area contributed by atoms with Crippen molar-refractivity contribution in [2.75, 3.05) is 19.6 Å². The van der Waals surface area contributed by atoms with E-state index in [0.29, 0.717) is 37.4 Å². The summed E-state index contributed by atoms with van der Waals surface area (Å²) in [6.07, 6.45) is 0.791. The van der Waals surface area contributed by atoms with Crippen LogP contribution >= 0.6 is 0 Å². The Bertz CT molecular complexity index is 779. The minimum atomic E-state index is -0.956. The van der Waals surface area contributed by atoms with E-state index in [1.54, 1.807) is 17.0 Å². The van der Waals surface area contributed by atoms with Crippen LogP contribution in [0.3, 0.4) is 0 Å². The predicted molar refractivity (Wildman–Crippen MR) is 88.5 cm³/mol. The maximum absolute atomic E-state index is 12.9. The largest absolute Gasteiger partial charge is 0.480 e. The monoisotopic (exact) mass is 362 g/mol. The van der Waals surface area contributed by atoms with Gasteiger partial charge in [0.25, 0.3) is 0 Å². The average molecular weight is 362 g/mol. The smallest absolute Gasteiger partial charge is 0.322 e. The summed E-state index contributed by atoms with van der Waals surface area (Å²) >= 11 is 0. The van der Waals surface area contributed by atoms with E-state index in [1.807, 2.05) is 0 Å². The third-order valence-electron chi connectivity index (χ3n) is 4.13. The lowest BCUT2D eigenvalue weighted by atomic mass is 10.2. The van der Waals surface area contributed by atoms with Crippen molar-refractivity contribution in [1.29, 1.82) is 0 Å². The van der Waals surface area contributed by atoms with E-state index in [9.17, 15) is 14.0 Å². The number of rotatable bonds is 6. The van der Waals surface area contributed by atoms with E-state index >= 15 is 0 Å². The van der Waals surface area contributed by atoms with Gasteiger partial charge in [-0.2, -0.15) is 4.80 Å². The fourth-order valence-corrected chi connectivity index (χ4v) is 2.72. The molecule has 2 N–H and O–H groups in total. The first-order valence-corrected chi connectivity index (χ1v) is 8.30. The second kappa shape index (κ2) is 8.00. The number of tetrazole rings is 1. The molecule has 1 unspecified atom stereocenters. The van der Waals surface area contributed by atoms with Gasteiger partial charge in [-0.25, -0.2) is 4.39 Å². The molecule has 0 saturated carbocycles. The molecular formula is C16H19FN6O3. The van der Waals surface area contributed by atoms with E-state index in [-0.39, 0.29) is 24.7 Å². The fraction of sp³-hybridized carbons (Fsp3) is 0.438. The Morgan fingerprint density at radius 1 is 1.31 bits per heavy atom. The molecule has 1 amide bonds. The summed E-state index contributed by atoms with van der Waals surface area (Å²) in [4.78, 5) is 26.2. The first-order valence-electron chi connectivity index (χ1n) is 8.30. The number of amides is 1. The minimum absolute atomic E-state index is 0.0865. The molecule has 1 atom stereocenters. The van der Waals surface area contributed by atoms with E-state index in [4.69, 9.17) is 5.11 Å². The van der Waals surface area contributed by atoms with E-state index in [0.717, 1.165) is 0 Å². The summed E-state index contributed by atoms with van der Waals surface area (Å²) in [6.45, 7) is 1.55. The van der Waals surface area contributed by atoms with Gasteiger partial charge in [-0.15, -0.1) is 10.2 Å². The van der Waals surface area contributed by atoms with E-state index in [2.05, 4.69) is 20.7 Å². The van der Waals surface area contributed by atoms with Crippen LogP contribution in [0, 0.1) is 5.82 Å². The fourth-order valence-electron chi connectivity index (χ4n) is 2.72. The summed E-state index contributed by atoms with van der Waals surface area (Å²) in [6, 6.07) is 5.08. The highest BCUT2D eigenvalue weighted by atomic mass is 19.1. The number of carbonyl (C=O) groups excluding carboxylic acids is 1. The summed E-state index contributed by atoms with van der Waals surface area (Å²) in [5.74, 6) is -0.986. The molecule has 1 aromatic heterocycles. The number of carbonyl (C=O) groups is 2. The van der Waals surface area contributed by atoms with Gasteiger partial charge in [0.05, 0.1) is 6.54 Å². The Morgan fingerprint density at radius 2 is 2.08 bits per heavy atom. The highest BCUT2D eigenvalue weighted by Gasteiger charge is 2.27. The first kappa shape index (κ1) is 17.9. The number of nitrogens with zero attached hydrogens (tertiary/aromatic N) is 5. The average Bonchev–Trinajstić information content (AvgIpc) is 3.11. The second-order valence-electron chi connectivity index (χ2n) is 6.00. The third-order valence-corrected chi connectivity index (χ3v) is 4.13. The van der Waals surface area contributed by atoms with Gasteiger partial charge in [-0.05, 0) is 35.9 Å². The molecule has 2 aromatic rings. The molecule has 138 valence electrons. The SMILES string of the molecule is O=C(O)C1CN(C(=O)CCCn2nnc(-c3ccc(F)cc3)n2)CCN1. The summed E-state index contributed by atoms with van der Waals surface area (Å²) in [5, 5.41) is 24.0. The van der Waals surface area contributed by atoms with Crippen molar-refractivity contribution >= 4 is 11.9 Å². The van der Waals surface area contributed by atoms with E-state index in [1.165, 1.54) is 16.9 Å². The lowest BCUT2D eigenvalue weighted by Gasteiger charge is -2.31. The molecule has 0 spiro atoms. The van der Waals surface area contributed by atoms with Gasteiger partial charge in [0.2, 0.25) is 11.7 Å². The Balaban J connectivity index is 1.48. The molecule has 10 heteroatoms. The van der Waals surface area contributed by atoms with Crippen LogP contribution in [-0.4, -0.2) is 67.8 Å². The van der Waals surface area contributed by atoms with Crippen molar-refractivity contribution in [3.8, 4) is 11.4 Å². The maximum atomic E-state index is 12.9. The van der Waals surface area contributed by atoms with E-state index < -0.39 is 12.0 Å². The van der Waals surface area contributed by atoms with Crippen molar-refractivity contribution in [1.82, 2.24) is 30.4 Å². The molecule has 0 radical (unpaired) electrons. The van der Waals surface area contributed by atoms with Gasteiger partial charge in [0.15, 0.2) is 0 Å². The van der Waals surface area contributed by atoms with Crippen LogP contribution < -0.4 is 5.32 Å². The Morgan fingerprint density at radius 3 is 2.81 bits per heavy atom. The highest BCUT2D eigenvalue weighted by molar-refractivity contribution is 5.79. The number of halogens is 1. The molecule has 9 nitrogen and oxygen atoms in total. The Labute approximate surface area is 148 Å².